The van der Waals surface area contributed by atoms with Crippen LogP contribution >= 0.6 is 0 Å². The fourth-order valence-electron chi connectivity index (χ4n) is 8.66. The molecule has 1 aromatic heterocycles. The second-order valence-corrected chi connectivity index (χ2v) is 17.9. The molecule has 9 aromatic rings. The summed E-state index contributed by atoms with van der Waals surface area (Å²) in [6.07, 6.45) is 0. The van der Waals surface area contributed by atoms with Crippen molar-refractivity contribution in [3.05, 3.63) is 145 Å². The molecule has 1 heteroatoms. The van der Waals surface area contributed by atoms with Crippen LogP contribution in [0.1, 0.15) is 52.7 Å². The standard InChI is InChI=1S/C48H40Se/c1-47(2,3)45-34-20-11-7-16-30(34)42(31-17-8-12-21-35(31)45)29-26-27-40-39(28-29)44-38(24-15-25-41(44)49-40)43-32-18-9-13-22-36(32)46(48(4,5)6)37-23-14-10-19-33(37)43/h7-28H,1-6H3. The molecule has 0 spiro atoms. The van der Waals surface area contributed by atoms with Crippen molar-refractivity contribution < 1.29 is 0 Å². The summed E-state index contributed by atoms with van der Waals surface area (Å²) in [4.78, 5) is 0. The van der Waals surface area contributed by atoms with Gasteiger partial charge in [-0.05, 0) is 0 Å². The first-order valence-corrected chi connectivity index (χ1v) is 19.2. The molecule has 0 aliphatic rings. The quantitative estimate of drug-likeness (QED) is 0.125. The molecule has 238 valence electrons. The van der Waals surface area contributed by atoms with Crippen LogP contribution in [0.4, 0.5) is 0 Å². The number of hydrogen-bond donors (Lipinski definition) is 0. The Balaban J connectivity index is 1.40. The first-order valence-electron chi connectivity index (χ1n) is 17.4. The van der Waals surface area contributed by atoms with Crippen molar-refractivity contribution in [2.75, 3.05) is 0 Å². The third kappa shape index (κ3) is 4.64. The van der Waals surface area contributed by atoms with Crippen molar-refractivity contribution in [1.29, 1.82) is 0 Å². The molecular weight excluding hydrogens is 655 g/mol. The van der Waals surface area contributed by atoms with E-state index >= 15 is 0 Å². The van der Waals surface area contributed by atoms with E-state index < -0.39 is 0 Å². The van der Waals surface area contributed by atoms with E-state index in [2.05, 4.69) is 175 Å². The molecule has 0 atom stereocenters. The summed E-state index contributed by atoms with van der Waals surface area (Å²) < 4.78 is 2.95. The summed E-state index contributed by atoms with van der Waals surface area (Å²) in [5.74, 6) is 0. The number of hydrogen-bond acceptors (Lipinski definition) is 0. The van der Waals surface area contributed by atoms with E-state index in [1.165, 1.54) is 95.8 Å². The SMILES string of the molecule is CC(C)(C)c1c2ccccc2c(-c2ccc3[se]c4cccc(-c5c6ccccc6c(C(C)(C)C)c6ccccc56)c4c3c2)c2ccccc12. The van der Waals surface area contributed by atoms with Gasteiger partial charge in [0.1, 0.15) is 0 Å². The molecule has 0 bridgehead atoms. The van der Waals surface area contributed by atoms with Crippen LogP contribution in [0.5, 0.6) is 0 Å². The van der Waals surface area contributed by atoms with Crippen LogP contribution in [-0.4, -0.2) is 14.5 Å². The van der Waals surface area contributed by atoms with Gasteiger partial charge in [-0.15, -0.1) is 0 Å². The predicted molar refractivity (Wildman–Crippen MR) is 217 cm³/mol. The fraction of sp³-hybridized carbons (Fsp3) is 0.167. The normalized spacial score (nSPS) is 12.7. The summed E-state index contributed by atoms with van der Waals surface area (Å²) in [6.45, 7) is 14.1. The van der Waals surface area contributed by atoms with Crippen molar-refractivity contribution in [1.82, 2.24) is 0 Å². The fourth-order valence-corrected chi connectivity index (χ4v) is 11.0. The van der Waals surface area contributed by atoms with E-state index in [1.54, 1.807) is 0 Å². The van der Waals surface area contributed by atoms with Gasteiger partial charge in [0.05, 0.1) is 0 Å². The van der Waals surface area contributed by atoms with Crippen molar-refractivity contribution in [3.8, 4) is 22.3 Å². The van der Waals surface area contributed by atoms with Gasteiger partial charge in [0.15, 0.2) is 0 Å². The molecule has 1 heterocycles. The van der Waals surface area contributed by atoms with E-state index in [0.717, 1.165) is 0 Å². The van der Waals surface area contributed by atoms with Gasteiger partial charge in [0.25, 0.3) is 0 Å². The van der Waals surface area contributed by atoms with Crippen LogP contribution in [0.3, 0.4) is 0 Å². The Kier molecular flexibility index (Phi) is 6.77. The first kappa shape index (κ1) is 30.4. The third-order valence-corrected chi connectivity index (χ3v) is 12.8. The molecule has 0 radical (unpaired) electrons. The van der Waals surface area contributed by atoms with Crippen LogP contribution < -0.4 is 0 Å². The maximum absolute atomic E-state index is 2.52. The summed E-state index contributed by atoms with van der Waals surface area (Å²) in [5, 5.41) is 13.6. The van der Waals surface area contributed by atoms with Crippen LogP contribution in [0, 0.1) is 0 Å². The monoisotopic (exact) mass is 696 g/mol. The molecule has 0 amide bonds. The predicted octanol–water partition coefficient (Wildman–Crippen LogP) is 13.6. The van der Waals surface area contributed by atoms with E-state index in [4.69, 9.17) is 0 Å². The summed E-state index contributed by atoms with van der Waals surface area (Å²) in [6, 6.07) is 50.7. The zero-order valence-corrected chi connectivity index (χ0v) is 30.8. The number of benzene rings is 8. The molecule has 0 N–H and O–H groups in total. The molecular formula is C48H40Se. The van der Waals surface area contributed by atoms with Gasteiger partial charge in [0.2, 0.25) is 0 Å². The molecule has 0 saturated carbocycles. The molecule has 0 unspecified atom stereocenters. The molecule has 0 nitrogen and oxygen atoms in total. The van der Waals surface area contributed by atoms with Gasteiger partial charge in [-0.2, -0.15) is 0 Å². The summed E-state index contributed by atoms with van der Waals surface area (Å²) in [7, 11) is 0. The Labute approximate surface area is 294 Å². The van der Waals surface area contributed by atoms with Gasteiger partial charge in [0, 0.05) is 0 Å². The van der Waals surface area contributed by atoms with Gasteiger partial charge < -0.3 is 0 Å². The average molecular weight is 696 g/mol. The summed E-state index contributed by atoms with van der Waals surface area (Å²) >= 11 is 0.246. The topological polar surface area (TPSA) is 0 Å². The summed E-state index contributed by atoms with van der Waals surface area (Å²) in [5.41, 5.74) is 8.22. The molecule has 9 rings (SSSR count). The van der Waals surface area contributed by atoms with E-state index in [9.17, 15) is 0 Å². The van der Waals surface area contributed by atoms with E-state index in [0.29, 0.717) is 0 Å². The van der Waals surface area contributed by atoms with Crippen LogP contribution in [0.25, 0.3) is 84.6 Å². The van der Waals surface area contributed by atoms with Gasteiger partial charge in [-0.1, -0.05) is 0 Å². The maximum atomic E-state index is 2.52. The van der Waals surface area contributed by atoms with Gasteiger partial charge >= 0.3 is 296 Å². The zero-order valence-electron chi connectivity index (χ0n) is 29.1. The minimum absolute atomic E-state index is 0.00900. The number of fused-ring (bicyclic) bond motifs is 7. The van der Waals surface area contributed by atoms with Crippen LogP contribution in [-0.2, 0) is 10.8 Å². The van der Waals surface area contributed by atoms with Crippen molar-refractivity contribution >= 4 is 76.9 Å². The molecule has 0 aliphatic carbocycles. The second kappa shape index (κ2) is 10.9. The Morgan fingerprint density at radius 1 is 0.367 bits per heavy atom. The third-order valence-electron chi connectivity index (χ3n) is 10.4. The Hall–Kier alpha value is -4.68. The Morgan fingerprint density at radius 3 is 1.24 bits per heavy atom. The molecule has 0 fully saturated rings. The molecule has 0 aliphatic heterocycles. The van der Waals surface area contributed by atoms with Crippen LogP contribution in [0.15, 0.2) is 133 Å². The second-order valence-electron chi connectivity index (χ2n) is 15.7. The van der Waals surface area contributed by atoms with Crippen LogP contribution in [0.2, 0.25) is 0 Å². The van der Waals surface area contributed by atoms with E-state index in [1.807, 2.05) is 0 Å². The van der Waals surface area contributed by atoms with Gasteiger partial charge in [-0.25, -0.2) is 0 Å². The van der Waals surface area contributed by atoms with Crippen molar-refractivity contribution in [2.45, 2.75) is 52.4 Å². The van der Waals surface area contributed by atoms with Crippen molar-refractivity contribution in [3.63, 3.8) is 0 Å². The van der Waals surface area contributed by atoms with E-state index in [-0.39, 0.29) is 25.3 Å². The van der Waals surface area contributed by atoms with Crippen molar-refractivity contribution in [2.24, 2.45) is 0 Å². The minimum atomic E-state index is 0.00900. The average Bonchev–Trinajstić information content (AvgIpc) is 3.46. The molecule has 8 aromatic carbocycles. The first-order chi connectivity index (χ1) is 23.6. The Bertz CT molecular complexity index is 2660. The number of rotatable bonds is 2. The van der Waals surface area contributed by atoms with Gasteiger partial charge in [-0.3, -0.25) is 0 Å². The molecule has 0 saturated heterocycles. The Morgan fingerprint density at radius 2 is 0.796 bits per heavy atom. The molecule has 49 heavy (non-hydrogen) atoms. The zero-order chi connectivity index (χ0) is 33.7.